The number of hydrogen-bond donors (Lipinski definition) is 2. The summed E-state index contributed by atoms with van der Waals surface area (Å²) in [6, 6.07) is 13.9. The normalized spacial score (nSPS) is 15.4. The van der Waals surface area contributed by atoms with Gasteiger partial charge in [-0.25, -0.2) is 4.79 Å². The van der Waals surface area contributed by atoms with Gasteiger partial charge < -0.3 is 10.6 Å². The molecule has 0 radical (unpaired) electrons. The average molecular weight is 267 g/mol. The van der Waals surface area contributed by atoms with Gasteiger partial charge in [-0.3, -0.25) is 4.98 Å². The summed E-state index contributed by atoms with van der Waals surface area (Å²) in [6.07, 6.45) is 5.65. The van der Waals surface area contributed by atoms with Crippen molar-refractivity contribution in [2.24, 2.45) is 0 Å². The Bertz CT molecular complexity index is 527. The van der Waals surface area contributed by atoms with E-state index in [1.165, 1.54) is 0 Å². The first-order chi connectivity index (χ1) is 9.83. The maximum absolute atomic E-state index is 12.0. The minimum absolute atomic E-state index is 0.113. The van der Waals surface area contributed by atoms with E-state index in [9.17, 15) is 4.79 Å². The van der Waals surface area contributed by atoms with Crippen molar-refractivity contribution in [2.75, 3.05) is 0 Å². The maximum atomic E-state index is 12.0. The molecule has 3 rings (SSSR count). The van der Waals surface area contributed by atoms with Gasteiger partial charge in [-0.05, 0) is 36.1 Å². The molecule has 0 spiro atoms. The lowest BCUT2D eigenvalue weighted by molar-refractivity contribution is 0.238. The van der Waals surface area contributed by atoms with Gasteiger partial charge in [0.25, 0.3) is 0 Å². The Labute approximate surface area is 118 Å². The largest absolute Gasteiger partial charge is 0.335 e. The lowest BCUT2D eigenvalue weighted by atomic mass is 10.00. The average Bonchev–Trinajstić information content (AvgIpc) is 3.30. The van der Waals surface area contributed by atoms with Crippen molar-refractivity contribution in [1.82, 2.24) is 15.6 Å². The summed E-state index contributed by atoms with van der Waals surface area (Å²) in [5.41, 5.74) is 2.08. The van der Waals surface area contributed by atoms with E-state index >= 15 is 0 Å². The van der Waals surface area contributed by atoms with Crippen LogP contribution < -0.4 is 10.6 Å². The lowest BCUT2D eigenvalue weighted by Gasteiger charge is -2.20. The molecule has 2 N–H and O–H groups in total. The Hall–Kier alpha value is -2.36. The van der Waals surface area contributed by atoms with Gasteiger partial charge in [-0.15, -0.1) is 0 Å². The maximum Gasteiger partial charge on any atom is 0.315 e. The number of urea groups is 1. The molecule has 0 aliphatic heterocycles. The van der Waals surface area contributed by atoms with Crippen LogP contribution in [0.15, 0.2) is 54.9 Å². The highest BCUT2D eigenvalue weighted by Gasteiger charge is 2.25. The molecule has 0 unspecified atom stereocenters. The van der Waals surface area contributed by atoms with E-state index in [1.807, 2.05) is 42.5 Å². The number of rotatable bonds is 4. The van der Waals surface area contributed by atoms with Crippen molar-refractivity contribution in [3.63, 3.8) is 0 Å². The summed E-state index contributed by atoms with van der Waals surface area (Å²) in [7, 11) is 0. The van der Waals surface area contributed by atoms with E-state index in [0.29, 0.717) is 6.04 Å². The molecule has 2 amide bonds. The van der Waals surface area contributed by atoms with Crippen LogP contribution in [0.1, 0.15) is 30.0 Å². The van der Waals surface area contributed by atoms with Gasteiger partial charge in [0.15, 0.2) is 0 Å². The van der Waals surface area contributed by atoms with Gasteiger partial charge >= 0.3 is 6.03 Å². The number of hydrogen-bond acceptors (Lipinski definition) is 2. The Morgan fingerprint density at radius 3 is 2.35 bits per heavy atom. The van der Waals surface area contributed by atoms with Crippen LogP contribution >= 0.6 is 0 Å². The van der Waals surface area contributed by atoms with E-state index in [4.69, 9.17) is 0 Å². The topological polar surface area (TPSA) is 54.0 Å². The molecule has 1 aromatic carbocycles. The molecular weight excluding hydrogens is 250 g/mol. The Morgan fingerprint density at radius 1 is 1.05 bits per heavy atom. The summed E-state index contributed by atoms with van der Waals surface area (Å²) in [5, 5.41) is 6.00. The minimum atomic E-state index is -0.155. The molecule has 1 aliphatic carbocycles. The van der Waals surface area contributed by atoms with Crippen LogP contribution in [0, 0.1) is 0 Å². The predicted octanol–water partition coefficient (Wildman–Crippen LogP) is 2.63. The van der Waals surface area contributed by atoms with Crippen molar-refractivity contribution in [2.45, 2.75) is 24.9 Å². The second kappa shape index (κ2) is 5.74. The van der Waals surface area contributed by atoms with Gasteiger partial charge in [0.05, 0.1) is 6.04 Å². The quantitative estimate of drug-likeness (QED) is 0.894. The molecule has 1 heterocycles. The van der Waals surface area contributed by atoms with Crippen molar-refractivity contribution in [3.05, 3.63) is 66.0 Å². The Kier molecular flexibility index (Phi) is 3.63. The van der Waals surface area contributed by atoms with E-state index in [-0.39, 0.29) is 12.1 Å². The van der Waals surface area contributed by atoms with Gasteiger partial charge in [-0.2, -0.15) is 0 Å². The van der Waals surface area contributed by atoms with E-state index < -0.39 is 0 Å². The van der Waals surface area contributed by atoms with Gasteiger partial charge in [0.1, 0.15) is 0 Å². The van der Waals surface area contributed by atoms with Crippen LogP contribution in [-0.2, 0) is 0 Å². The number of amides is 2. The zero-order chi connectivity index (χ0) is 13.8. The first-order valence-electron chi connectivity index (χ1n) is 6.85. The number of carbonyl (C=O) groups is 1. The minimum Gasteiger partial charge on any atom is -0.335 e. The molecule has 1 atom stereocenters. The number of pyridine rings is 1. The third-order valence-electron chi connectivity index (χ3n) is 3.36. The fraction of sp³-hybridized carbons (Fsp3) is 0.250. The second-order valence-corrected chi connectivity index (χ2v) is 5.02. The van der Waals surface area contributed by atoms with Crippen LogP contribution in [-0.4, -0.2) is 17.1 Å². The van der Waals surface area contributed by atoms with Gasteiger partial charge in [0, 0.05) is 18.4 Å². The molecule has 102 valence electrons. The smallest absolute Gasteiger partial charge is 0.315 e. The molecule has 4 nitrogen and oxygen atoms in total. The number of carbonyl (C=O) groups excluding carboxylic acids is 1. The number of nitrogens with one attached hydrogen (secondary N) is 2. The molecule has 2 aromatic rings. The summed E-state index contributed by atoms with van der Waals surface area (Å²) < 4.78 is 0. The molecule has 1 aliphatic rings. The Balaban J connectivity index is 1.81. The first-order valence-corrected chi connectivity index (χ1v) is 6.85. The van der Waals surface area contributed by atoms with Crippen LogP contribution in [0.5, 0.6) is 0 Å². The predicted molar refractivity (Wildman–Crippen MR) is 77.2 cm³/mol. The number of aromatic nitrogens is 1. The molecule has 0 bridgehead atoms. The monoisotopic (exact) mass is 267 g/mol. The standard InChI is InChI=1S/C16H17N3O/c20-16(18-14-6-7-14)19-15(12-4-2-1-3-5-12)13-8-10-17-11-9-13/h1-5,8-11,14-15H,6-7H2,(H2,18,19,20)/t15-/m1/s1. The van der Waals surface area contributed by atoms with Crippen LogP contribution in [0.25, 0.3) is 0 Å². The fourth-order valence-electron chi connectivity index (χ4n) is 2.15. The van der Waals surface area contributed by atoms with Crippen LogP contribution in [0.2, 0.25) is 0 Å². The van der Waals surface area contributed by atoms with Crippen LogP contribution in [0.4, 0.5) is 4.79 Å². The van der Waals surface area contributed by atoms with E-state index in [0.717, 1.165) is 24.0 Å². The van der Waals surface area contributed by atoms with E-state index in [2.05, 4.69) is 15.6 Å². The molecule has 1 saturated carbocycles. The first kappa shape index (κ1) is 12.7. The van der Waals surface area contributed by atoms with Gasteiger partial charge in [-0.1, -0.05) is 30.3 Å². The zero-order valence-corrected chi connectivity index (χ0v) is 11.1. The molecule has 4 heteroatoms. The highest BCUT2D eigenvalue weighted by molar-refractivity contribution is 5.75. The molecule has 1 aromatic heterocycles. The number of benzene rings is 1. The zero-order valence-electron chi connectivity index (χ0n) is 11.1. The highest BCUT2D eigenvalue weighted by Crippen LogP contribution is 2.22. The van der Waals surface area contributed by atoms with Crippen molar-refractivity contribution in [3.8, 4) is 0 Å². The highest BCUT2D eigenvalue weighted by atomic mass is 16.2. The SMILES string of the molecule is O=C(NC1CC1)N[C@H](c1ccccc1)c1ccncc1. The number of nitrogens with zero attached hydrogens (tertiary/aromatic N) is 1. The molecule has 0 saturated heterocycles. The third kappa shape index (κ3) is 3.15. The molecule has 20 heavy (non-hydrogen) atoms. The van der Waals surface area contributed by atoms with Gasteiger partial charge in [0.2, 0.25) is 0 Å². The summed E-state index contributed by atoms with van der Waals surface area (Å²) >= 11 is 0. The summed E-state index contributed by atoms with van der Waals surface area (Å²) in [5.74, 6) is 0. The van der Waals surface area contributed by atoms with Crippen molar-refractivity contribution in [1.29, 1.82) is 0 Å². The Morgan fingerprint density at radius 2 is 1.70 bits per heavy atom. The summed E-state index contributed by atoms with van der Waals surface area (Å²) in [6.45, 7) is 0. The third-order valence-corrected chi connectivity index (χ3v) is 3.36. The van der Waals surface area contributed by atoms with Crippen LogP contribution in [0.3, 0.4) is 0 Å². The van der Waals surface area contributed by atoms with Crippen molar-refractivity contribution < 1.29 is 4.79 Å². The lowest BCUT2D eigenvalue weighted by Crippen LogP contribution is -2.39. The second-order valence-electron chi connectivity index (χ2n) is 5.02. The molecule has 1 fully saturated rings. The van der Waals surface area contributed by atoms with E-state index in [1.54, 1.807) is 12.4 Å². The summed E-state index contributed by atoms with van der Waals surface area (Å²) in [4.78, 5) is 16.0. The molecular formula is C16H17N3O. The fourth-order valence-corrected chi connectivity index (χ4v) is 2.15. The van der Waals surface area contributed by atoms with Crippen molar-refractivity contribution >= 4 is 6.03 Å².